The van der Waals surface area contributed by atoms with Gasteiger partial charge < -0.3 is 10.4 Å². The number of benzene rings is 1. The van der Waals surface area contributed by atoms with Crippen molar-refractivity contribution in [2.75, 3.05) is 6.61 Å². The van der Waals surface area contributed by atoms with E-state index in [-0.39, 0.29) is 18.6 Å². The standard InChI is InChI=1S/C16H18N2O2/c19-10-8-14(12-5-6-12)18-16(20)15-13-4-2-1-3-11(13)7-9-17-15/h1-4,7,9,12,14,19H,5-6,8,10H2,(H,18,20). The van der Waals surface area contributed by atoms with Crippen molar-refractivity contribution in [3.8, 4) is 0 Å². The van der Waals surface area contributed by atoms with Gasteiger partial charge in [0, 0.05) is 24.2 Å². The lowest BCUT2D eigenvalue weighted by atomic mass is 10.1. The van der Waals surface area contributed by atoms with E-state index in [4.69, 9.17) is 5.11 Å². The Balaban J connectivity index is 1.84. The molecule has 1 amide bonds. The number of pyridine rings is 1. The van der Waals surface area contributed by atoms with Gasteiger partial charge in [0.2, 0.25) is 0 Å². The quantitative estimate of drug-likeness (QED) is 0.875. The van der Waals surface area contributed by atoms with E-state index in [9.17, 15) is 4.79 Å². The van der Waals surface area contributed by atoms with E-state index in [0.29, 0.717) is 18.0 Å². The van der Waals surface area contributed by atoms with Gasteiger partial charge in [0.1, 0.15) is 5.69 Å². The Morgan fingerprint density at radius 3 is 2.90 bits per heavy atom. The summed E-state index contributed by atoms with van der Waals surface area (Å²) in [6.45, 7) is 0.102. The zero-order valence-corrected chi connectivity index (χ0v) is 11.2. The van der Waals surface area contributed by atoms with E-state index in [2.05, 4.69) is 10.3 Å². The van der Waals surface area contributed by atoms with Gasteiger partial charge in [0.15, 0.2) is 0 Å². The van der Waals surface area contributed by atoms with E-state index in [0.717, 1.165) is 23.6 Å². The molecule has 2 N–H and O–H groups in total. The fourth-order valence-electron chi connectivity index (χ4n) is 2.60. The summed E-state index contributed by atoms with van der Waals surface area (Å²) in [4.78, 5) is 16.6. The van der Waals surface area contributed by atoms with Crippen LogP contribution in [0.15, 0.2) is 36.5 Å². The first kappa shape index (κ1) is 13.1. The van der Waals surface area contributed by atoms with Crippen LogP contribution in [0, 0.1) is 5.92 Å². The summed E-state index contributed by atoms with van der Waals surface area (Å²) in [7, 11) is 0. The van der Waals surface area contributed by atoms with Crippen LogP contribution in [0.1, 0.15) is 29.8 Å². The zero-order chi connectivity index (χ0) is 13.9. The van der Waals surface area contributed by atoms with Gasteiger partial charge in [-0.05, 0) is 36.6 Å². The summed E-state index contributed by atoms with van der Waals surface area (Å²) >= 11 is 0. The molecule has 20 heavy (non-hydrogen) atoms. The molecule has 1 atom stereocenters. The first-order chi connectivity index (χ1) is 9.79. The highest BCUT2D eigenvalue weighted by Gasteiger charge is 2.32. The summed E-state index contributed by atoms with van der Waals surface area (Å²) in [5, 5.41) is 14.0. The number of nitrogens with one attached hydrogen (secondary N) is 1. The lowest BCUT2D eigenvalue weighted by Gasteiger charge is -2.17. The smallest absolute Gasteiger partial charge is 0.270 e. The highest BCUT2D eigenvalue weighted by molar-refractivity contribution is 6.05. The molecule has 4 nitrogen and oxygen atoms in total. The molecule has 1 aromatic carbocycles. The minimum Gasteiger partial charge on any atom is -0.396 e. The summed E-state index contributed by atoms with van der Waals surface area (Å²) in [6, 6.07) is 9.71. The van der Waals surface area contributed by atoms with Crippen molar-refractivity contribution in [1.29, 1.82) is 0 Å². The molecule has 1 aromatic heterocycles. The van der Waals surface area contributed by atoms with Gasteiger partial charge in [0.05, 0.1) is 0 Å². The lowest BCUT2D eigenvalue weighted by molar-refractivity contribution is 0.0921. The number of amides is 1. The number of carbonyl (C=O) groups excluding carboxylic acids is 1. The number of aromatic nitrogens is 1. The van der Waals surface area contributed by atoms with Crippen molar-refractivity contribution >= 4 is 16.7 Å². The predicted octanol–water partition coefficient (Wildman–Crippen LogP) is 2.13. The van der Waals surface area contributed by atoms with Crippen LogP contribution in [0.4, 0.5) is 0 Å². The maximum atomic E-state index is 12.4. The highest BCUT2D eigenvalue weighted by atomic mass is 16.3. The SMILES string of the molecule is O=C(NC(CCO)C1CC1)c1nccc2ccccc12. The highest BCUT2D eigenvalue weighted by Crippen LogP contribution is 2.34. The predicted molar refractivity (Wildman–Crippen MR) is 77.4 cm³/mol. The molecule has 1 aliphatic rings. The van der Waals surface area contributed by atoms with Crippen molar-refractivity contribution in [3.05, 3.63) is 42.2 Å². The van der Waals surface area contributed by atoms with Crippen LogP contribution in [0.3, 0.4) is 0 Å². The molecule has 3 rings (SSSR count). The summed E-state index contributed by atoms with van der Waals surface area (Å²) in [6.07, 6.45) is 4.54. The normalized spacial score (nSPS) is 16.1. The topological polar surface area (TPSA) is 62.2 Å². The Bertz CT molecular complexity index is 617. The molecule has 0 radical (unpaired) electrons. The fourth-order valence-corrected chi connectivity index (χ4v) is 2.60. The molecule has 1 heterocycles. The third-order valence-electron chi connectivity index (χ3n) is 3.84. The summed E-state index contributed by atoms with van der Waals surface area (Å²) < 4.78 is 0. The second-order valence-corrected chi connectivity index (χ2v) is 5.31. The molecule has 1 saturated carbocycles. The molecule has 4 heteroatoms. The summed E-state index contributed by atoms with van der Waals surface area (Å²) in [5.74, 6) is 0.369. The number of fused-ring (bicyclic) bond motifs is 1. The second-order valence-electron chi connectivity index (χ2n) is 5.31. The van der Waals surface area contributed by atoms with Gasteiger partial charge in [-0.2, -0.15) is 0 Å². The molecule has 0 aliphatic heterocycles. The van der Waals surface area contributed by atoms with E-state index in [1.165, 1.54) is 0 Å². The van der Waals surface area contributed by atoms with Crippen LogP contribution < -0.4 is 5.32 Å². The van der Waals surface area contributed by atoms with Crippen LogP contribution in [-0.2, 0) is 0 Å². The molecule has 1 aliphatic carbocycles. The monoisotopic (exact) mass is 270 g/mol. The molecule has 0 saturated heterocycles. The largest absolute Gasteiger partial charge is 0.396 e. The van der Waals surface area contributed by atoms with E-state index >= 15 is 0 Å². The van der Waals surface area contributed by atoms with Crippen LogP contribution in [0.2, 0.25) is 0 Å². The third-order valence-corrected chi connectivity index (χ3v) is 3.84. The first-order valence-electron chi connectivity index (χ1n) is 7.05. The Morgan fingerprint density at radius 2 is 2.15 bits per heavy atom. The molecule has 104 valence electrons. The van der Waals surface area contributed by atoms with Crippen LogP contribution in [-0.4, -0.2) is 28.6 Å². The molecule has 0 bridgehead atoms. The Hall–Kier alpha value is -1.94. The second kappa shape index (κ2) is 5.59. The Kier molecular flexibility index (Phi) is 3.65. The van der Waals surface area contributed by atoms with E-state index < -0.39 is 0 Å². The molecular weight excluding hydrogens is 252 g/mol. The van der Waals surface area contributed by atoms with Gasteiger partial charge in [-0.25, -0.2) is 0 Å². The number of hydrogen-bond donors (Lipinski definition) is 2. The van der Waals surface area contributed by atoms with Crippen molar-refractivity contribution in [1.82, 2.24) is 10.3 Å². The van der Waals surface area contributed by atoms with Crippen molar-refractivity contribution < 1.29 is 9.90 Å². The number of nitrogens with zero attached hydrogens (tertiary/aromatic N) is 1. The van der Waals surface area contributed by atoms with E-state index in [1.54, 1.807) is 6.20 Å². The van der Waals surface area contributed by atoms with Gasteiger partial charge in [-0.15, -0.1) is 0 Å². The molecule has 0 spiro atoms. The number of aliphatic hydroxyl groups excluding tert-OH is 1. The maximum absolute atomic E-state index is 12.4. The third kappa shape index (κ3) is 2.65. The maximum Gasteiger partial charge on any atom is 0.270 e. The van der Waals surface area contributed by atoms with Crippen LogP contribution >= 0.6 is 0 Å². The van der Waals surface area contributed by atoms with Gasteiger partial charge in [-0.3, -0.25) is 9.78 Å². The number of aliphatic hydroxyl groups is 1. The van der Waals surface area contributed by atoms with Gasteiger partial charge in [-0.1, -0.05) is 24.3 Å². The van der Waals surface area contributed by atoms with Crippen LogP contribution in [0.5, 0.6) is 0 Å². The number of carbonyl (C=O) groups is 1. The van der Waals surface area contributed by atoms with E-state index in [1.807, 2.05) is 30.3 Å². The number of hydrogen-bond acceptors (Lipinski definition) is 3. The average Bonchev–Trinajstić information content (AvgIpc) is 3.31. The van der Waals surface area contributed by atoms with Crippen molar-refractivity contribution in [2.24, 2.45) is 5.92 Å². The lowest BCUT2D eigenvalue weighted by Crippen LogP contribution is -2.37. The molecule has 2 aromatic rings. The summed E-state index contributed by atoms with van der Waals surface area (Å²) in [5.41, 5.74) is 0.465. The zero-order valence-electron chi connectivity index (χ0n) is 11.2. The number of rotatable bonds is 5. The molecule has 1 unspecified atom stereocenters. The first-order valence-corrected chi connectivity index (χ1v) is 7.05. The average molecular weight is 270 g/mol. The van der Waals surface area contributed by atoms with Crippen molar-refractivity contribution in [2.45, 2.75) is 25.3 Å². The minimum atomic E-state index is -0.146. The fraction of sp³-hybridized carbons (Fsp3) is 0.375. The van der Waals surface area contributed by atoms with Gasteiger partial charge in [0.25, 0.3) is 5.91 Å². The Morgan fingerprint density at radius 1 is 1.35 bits per heavy atom. The molecular formula is C16H18N2O2. The molecule has 1 fully saturated rings. The van der Waals surface area contributed by atoms with Crippen molar-refractivity contribution in [3.63, 3.8) is 0 Å². The minimum absolute atomic E-state index is 0.0632. The van der Waals surface area contributed by atoms with Gasteiger partial charge >= 0.3 is 0 Å². The van der Waals surface area contributed by atoms with Crippen LogP contribution in [0.25, 0.3) is 10.8 Å². The Labute approximate surface area is 117 Å².